The van der Waals surface area contributed by atoms with Crippen molar-refractivity contribution in [3.8, 4) is 0 Å². The molecule has 0 aliphatic heterocycles. The predicted octanol–water partition coefficient (Wildman–Crippen LogP) is 4.56. The molecule has 0 heterocycles. The molecule has 0 radical (unpaired) electrons. The number of nitro groups is 2. The molecule has 142 valence electrons. The van der Waals surface area contributed by atoms with E-state index in [-0.39, 0.29) is 17.2 Å². The molecule has 0 N–H and O–H groups in total. The number of hydrogen-bond acceptors (Lipinski definition) is 6. The van der Waals surface area contributed by atoms with E-state index in [0.717, 1.165) is 37.5 Å². The molecule has 1 saturated carbocycles. The molecule has 26 heavy (non-hydrogen) atoms. The van der Waals surface area contributed by atoms with Crippen molar-refractivity contribution in [3.05, 3.63) is 44.0 Å². The highest BCUT2D eigenvalue weighted by molar-refractivity contribution is 6.77. The van der Waals surface area contributed by atoms with Gasteiger partial charge in [0.2, 0.25) is 0 Å². The van der Waals surface area contributed by atoms with Gasteiger partial charge in [-0.3, -0.25) is 20.2 Å². The zero-order valence-electron chi connectivity index (χ0n) is 15.4. The average Bonchev–Trinajstić information content (AvgIpc) is 2.54. The van der Waals surface area contributed by atoms with Crippen LogP contribution >= 0.6 is 0 Å². The Labute approximate surface area is 152 Å². The van der Waals surface area contributed by atoms with Crippen LogP contribution in [0.25, 0.3) is 0 Å². The van der Waals surface area contributed by atoms with Crippen LogP contribution in [0.2, 0.25) is 25.2 Å². The van der Waals surface area contributed by atoms with Gasteiger partial charge in [-0.15, -0.1) is 0 Å². The number of rotatable bonds is 5. The van der Waals surface area contributed by atoms with Crippen LogP contribution in [-0.4, -0.2) is 30.0 Å². The highest BCUT2D eigenvalue weighted by atomic mass is 28.3. The normalized spacial score (nSPS) is 23.3. The Morgan fingerprint density at radius 2 is 1.81 bits per heavy atom. The van der Waals surface area contributed by atoms with Gasteiger partial charge in [-0.05, 0) is 36.8 Å². The lowest BCUT2D eigenvalue weighted by Crippen LogP contribution is -2.42. The van der Waals surface area contributed by atoms with E-state index in [4.69, 9.17) is 4.74 Å². The second kappa shape index (κ2) is 7.53. The zero-order chi connectivity index (χ0) is 19.6. The fourth-order valence-corrected chi connectivity index (χ4v) is 6.02. The first-order valence-corrected chi connectivity index (χ1v) is 12.2. The monoisotopic (exact) mass is 380 g/mol. The van der Waals surface area contributed by atoms with E-state index in [1.54, 1.807) is 0 Å². The maximum Gasteiger partial charge on any atom is 0.345 e. The lowest BCUT2D eigenvalue weighted by molar-refractivity contribution is -0.394. The number of carbonyl (C=O) groups excluding carboxylic acids is 1. The minimum atomic E-state index is -1.59. The van der Waals surface area contributed by atoms with Gasteiger partial charge in [0.25, 0.3) is 11.4 Å². The number of hydrogen-bond donors (Lipinski definition) is 0. The highest BCUT2D eigenvalue weighted by Crippen LogP contribution is 2.42. The zero-order valence-corrected chi connectivity index (χ0v) is 16.4. The molecule has 3 atom stereocenters. The maximum absolute atomic E-state index is 12.6. The quantitative estimate of drug-likeness (QED) is 0.320. The van der Waals surface area contributed by atoms with Crippen LogP contribution in [0, 0.1) is 26.1 Å². The van der Waals surface area contributed by atoms with Gasteiger partial charge in [-0.2, -0.15) is 0 Å². The number of ether oxygens (including phenoxy) is 1. The first-order chi connectivity index (χ1) is 12.0. The standard InChI is InChI=1S/C17H24N2O6Si/c1-11-5-8-15(16(9-11)26(2,3)4)25-17(20)13-7-6-12(18(21)22)10-14(13)19(23)24/h6-7,10-11,15-16H,5,8-9H2,1-4H3/t11-,15-,16-/m0/s1. The Balaban J connectivity index is 2.28. The third-order valence-corrected chi connectivity index (χ3v) is 7.86. The number of nitrogens with zero attached hydrogens (tertiary/aromatic N) is 2. The molecular formula is C17H24N2O6Si. The van der Waals surface area contributed by atoms with Crippen molar-refractivity contribution < 1.29 is 19.4 Å². The Kier molecular flexibility index (Phi) is 5.80. The third kappa shape index (κ3) is 4.46. The predicted molar refractivity (Wildman–Crippen MR) is 99.1 cm³/mol. The fraction of sp³-hybridized carbons (Fsp3) is 0.588. The lowest BCUT2D eigenvalue weighted by atomic mass is 9.88. The molecule has 1 aromatic rings. The molecule has 1 aliphatic rings. The summed E-state index contributed by atoms with van der Waals surface area (Å²) in [6, 6.07) is 2.99. The van der Waals surface area contributed by atoms with E-state index < -0.39 is 35.3 Å². The topological polar surface area (TPSA) is 113 Å². The van der Waals surface area contributed by atoms with Gasteiger partial charge in [-0.25, -0.2) is 4.79 Å². The van der Waals surface area contributed by atoms with Crippen molar-refractivity contribution in [2.24, 2.45) is 5.92 Å². The highest BCUT2D eigenvalue weighted by Gasteiger charge is 2.40. The molecule has 9 heteroatoms. The van der Waals surface area contributed by atoms with Crippen molar-refractivity contribution in [2.75, 3.05) is 0 Å². The number of non-ortho nitro benzene ring substituents is 1. The van der Waals surface area contributed by atoms with E-state index in [0.29, 0.717) is 5.92 Å². The van der Waals surface area contributed by atoms with Crippen LogP contribution in [0.4, 0.5) is 11.4 Å². The van der Waals surface area contributed by atoms with Crippen LogP contribution in [-0.2, 0) is 4.74 Å². The van der Waals surface area contributed by atoms with Gasteiger partial charge in [0.05, 0.1) is 24.0 Å². The summed E-state index contributed by atoms with van der Waals surface area (Å²) in [5, 5.41) is 22.1. The van der Waals surface area contributed by atoms with Crippen LogP contribution in [0.15, 0.2) is 18.2 Å². The Morgan fingerprint density at radius 1 is 1.15 bits per heavy atom. The Hall–Kier alpha value is -2.29. The summed E-state index contributed by atoms with van der Waals surface area (Å²) < 4.78 is 5.68. The van der Waals surface area contributed by atoms with Crippen molar-refractivity contribution in [3.63, 3.8) is 0 Å². The first-order valence-electron chi connectivity index (χ1n) is 8.64. The van der Waals surface area contributed by atoms with Gasteiger partial charge >= 0.3 is 5.97 Å². The molecule has 1 fully saturated rings. The molecule has 0 spiro atoms. The smallest absolute Gasteiger partial charge is 0.345 e. The molecule has 8 nitrogen and oxygen atoms in total. The number of benzene rings is 1. The van der Waals surface area contributed by atoms with Gasteiger partial charge < -0.3 is 4.74 Å². The van der Waals surface area contributed by atoms with Gasteiger partial charge in [0, 0.05) is 6.07 Å². The molecule has 1 aromatic carbocycles. The fourth-order valence-electron chi connectivity index (χ4n) is 3.56. The SMILES string of the molecule is C[C@H]1CC[C@H](OC(=O)c2ccc([N+](=O)[O-])cc2[N+](=O)[O-])[C@@H]([Si](C)(C)C)C1. The Morgan fingerprint density at radius 3 is 2.35 bits per heavy atom. The summed E-state index contributed by atoms with van der Waals surface area (Å²) in [6.45, 7) is 8.87. The van der Waals surface area contributed by atoms with Crippen LogP contribution in [0.1, 0.15) is 36.5 Å². The summed E-state index contributed by atoms with van der Waals surface area (Å²) in [7, 11) is -1.59. The first kappa shape index (κ1) is 20.0. The number of nitro benzene ring substituents is 2. The van der Waals surface area contributed by atoms with Gasteiger partial charge in [-0.1, -0.05) is 26.6 Å². The maximum atomic E-state index is 12.6. The lowest BCUT2D eigenvalue weighted by Gasteiger charge is -2.41. The van der Waals surface area contributed by atoms with Crippen molar-refractivity contribution in [2.45, 2.75) is 57.5 Å². The minimum Gasteiger partial charge on any atom is -0.459 e. The molecule has 2 rings (SSSR count). The second-order valence-corrected chi connectivity index (χ2v) is 13.5. The van der Waals surface area contributed by atoms with Gasteiger partial charge in [0.15, 0.2) is 0 Å². The molecule has 0 bridgehead atoms. The van der Waals surface area contributed by atoms with Crippen molar-refractivity contribution >= 4 is 25.4 Å². The largest absolute Gasteiger partial charge is 0.459 e. The molecular weight excluding hydrogens is 356 g/mol. The van der Waals surface area contributed by atoms with E-state index in [9.17, 15) is 25.0 Å². The van der Waals surface area contributed by atoms with E-state index >= 15 is 0 Å². The molecule has 0 aromatic heterocycles. The third-order valence-electron chi connectivity index (χ3n) is 5.03. The summed E-state index contributed by atoms with van der Waals surface area (Å²) in [4.78, 5) is 33.1. The summed E-state index contributed by atoms with van der Waals surface area (Å²) >= 11 is 0. The molecule has 0 amide bonds. The molecule has 1 aliphatic carbocycles. The van der Waals surface area contributed by atoms with Crippen LogP contribution < -0.4 is 0 Å². The number of carbonyl (C=O) groups is 1. The van der Waals surface area contributed by atoms with E-state index in [1.165, 1.54) is 0 Å². The molecule has 0 saturated heterocycles. The molecule has 0 unspecified atom stereocenters. The summed E-state index contributed by atoms with van der Waals surface area (Å²) in [5.41, 5.74) is -0.988. The summed E-state index contributed by atoms with van der Waals surface area (Å²) in [6.07, 6.45) is 2.40. The average molecular weight is 380 g/mol. The van der Waals surface area contributed by atoms with E-state index in [1.807, 2.05) is 0 Å². The van der Waals surface area contributed by atoms with Crippen LogP contribution in [0.3, 0.4) is 0 Å². The summed E-state index contributed by atoms with van der Waals surface area (Å²) in [5.74, 6) is -0.218. The Bertz CT molecular complexity index is 730. The van der Waals surface area contributed by atoms with Crippen molar-refractivity contribution in [1.82, 2.24) is 0 Å². The van der Waals surface area contributed by atoms with E-state index in [2.05, 4.69) is 26.6 Å². The van der Waals surface area contributed by atoms with Crippen LogP contribution in [0.5, 0.6) is 0 Å². The van der Waals surface area contributed by atoms with Gasteiger partial charge in [0.1, 0.15) is 11.7 Å². The number of esters is 1. The minimum absolute atomic E-state index is 0.242. The van der Waals surface area contributed by atoms with Crippen molar-refractivity contribution in [1.29, 1.82) is 0 Å². The second-order valence-electron chi connectivity index (χ2n) is 8.05.